The molecule has 0 unspecified atom stereocenters. The molecular formula is C19H25N3O3S. The predicted molar refractivity (Wildman–Crippen MR) is 103 cm³/mol. The van der Waals surface area contributed by atoms with Gasteiger partial charge in [0.05, 0.1) is 12.3 Å². The molecule has 1 aromatic heterocycles. The first-order valence-corrected chi connectivity index (χ1v) is 9.83. The lowest BCUT2D eigenvalue weighted by Gasteiger charge is -2.22. The van der Waals surface area contributed by atoms with Gasteiger partial charge in [0.25, 0.3) is 0 Å². The van der Waals surface area contributed by atoms with Gasteiger partial charge in [-0.1, -0.05) is 49.5 Å². The molecule has 1 N–H and O–H groups in total. The van der Waals surface area contributed by atoms with Crippen LogP contribution in [0, 0.1) is 0 Å². The average molecular weight is 375 g/mol. The van der Waals surface area contributed by atoms with Gasteiger partial charge in [-0.05, 0) is 18.6 Å². The second kappa shape index (κ2) is 11.4. The van der Waals surface area contributed by atoms with Crippen molar-refractivity contribution in [3.63, 3.8) is 0 Å². The van der Waals surface area contributed by atoms with E-state index in [4.69, 9.17) is 4.52 Å². The number of hydrogen-bond donors (Lipinski definition) is 1. The quantitative estimate of drug-likeness (QED) is 0.477. The lowest BCUT2D eigenvalue weighted by atomic mass is 10.2. The molecule has 2 amide bonds. The zero-order chi connectivity index (χ0) is 18.6. The Balaban J connectivity index is 1.88. The van der Waals surface area contributed by atoms with Gasteiger partial charge in [0.2, 0.25) is 11.8 Å². The molecule has 0 saturated carbocycles. The SMILES string of the molecule is CCCCCCN(CC(=O)Nc1ccon1)C(=O)CSc1ccccc1. The second-order valence-electron chi connectivity index (χ2n) is 5.91. The van der Waals surface area contributed by atoms with Crippen molar-refractivity contribution in [2.75, 3.05) is 24.2 Å². The van der Waals surface area contributed by atoms with Crippen LogP contribution in [0.3, 0.4) is 0 Å². The Hall–Kier alpha value is -2.28. The van der Waals surface area contributed by atoms with Crippen molar-refractivity contribution in [3.8, 4) is 0 Å². The topological polar surface area (TPSA) is 75.4 Å². The summed E-state index contributed by atoms with van der Waals surface area (Å²) in [4.78, 5) is 27.5. The summed E-state index contributed by atoms with van der Waals surface area (Å²) in [7, 11) is 0. The molecule has 0 radical (unpaired) electrons. The maximum Gasteiger partial charge on any atom is 0.245 e. The molecule has 0 bridgehead atoms. The molecule has 0 saturated heterocycles. The maximum absolute atomic E-state index is 12.6. The van der Waals surface area contributed by atoms with E-state index in [1.54, 1.807) is 11.0 Å². The molecule has 0 aliphatic heterocycles. The molecular weight excluding hydrogens is 350 g/mol. The highest BCUT2D eigenvalue weighted by Crippen LogP contribution is 2.17. The van der Waals surface area contributed by atoms with Crippen molar-refractivity contribution in [1.82, 2.24) is 10.1 Å². The number of unbranched alkanes of at least 4 members (excludes halogenated alkanes) is 3. The van der Waals surface area contributed by atoms with E-state index in [-0.39, 0.29) is 18.4 Å². The van der Waals surface area contributed by atoms with E-state index < -0.39 is 0 Å². The molecule has 0 aliphatic rings. The summed E-state index contributed by atoms with van der Waals surface area (Å²) in [6.45, 7) is 2.75. The van der Waals surface area contributed by atoms with Gasteiger partial charge in [0.15, 0.2) is 5.82 Å². The monoisotopic (exact) mass is 375 g/mol. The molecule has 7 heteroatoms. The lowest BCUT2D eigenvalue weighted by molar-refractivity contribution is -0.132. The maximum atomic E-state index is 12.6. The van der Waals surface area contributed by atoms with E-state index in [1.807, 2.05) is 30.3 Å². The standard InChI is InChI=1S/C19H25N3O3S/c1-2-3-4-8-12-22(14-18(23)20-17-11-13-25-21-17)19(24)15-26-16-9-6-5-7-10-16/h5-7,9-11,13H,2-4,8,12,14-15H2,1H3,(H,20,21,23). The summed E-state index contributed by atoms with van der Waals surface area (Å²) >= 11 is 1.48. The number of aromatic nitrogens is 1. The van der Waals surface area contributed by atoms with Crippen LogP contribution in [0.5, 0.6) is 0 Å². The summed E-state index contributed by atoms with van der Waals surface area (Å²) in [6.07, 6.45) is 5.60. The fourth-order valence-electron chi connectivity index (χ4n) is 2.41. The highest BCUT2D eigenvalue weighted by atomic mass is 32.2. The Labute approximate surface area is 158 Å². The third-order valence-electron chi connectivity index (χ3n) is 3.78. The summed E-state index contributed by atoms with van der Waals surface area (Å²) in [5.41, 5.74) is 0. The third-order valence-corrected chi connectivity index (χ3v) is 4.78. The Morgan fingerprint density at radius 3 is 2.65 bits per heavy atom. The molecule has 140 valence electrons. The Morgan fingerprint density at radius 2 is 1.96 bits per heavy atom. The van der Waals surface area contributed by atoms with Gasteiger partial charge >= 0.3 is 0 Å². The fraction of sp³-hybridized carbons (Fsp3) is 0.421. The number of rotatable bonds is 11. The highest BCUT2D eigenvalue weighted by molar-refractivity contribution is 8.00. The van der Waals surface area contributed by atoms with Crippen LogP contribution in [0.2, 0.25) is 0 Å². The summed E-state index contributed by atoms with van der Waals surface area (Å²) in [6, 6.07) is 11.3. The van der Waals surface area contributed by atoms with Gasteiger partial charge in [-0.3, -0.25) is 9.59 Å². The second-order valence-corrected chi connectivity index (χ2v) is 6.96. The van der Waals surface area contributed by atoms with Crippen molar-refractivity contribution in [2.45, 2.75) is 37.5 Å². The van der Waals surface area contributed by atoms with Gasteiger partial charge in [-0.2, -0.15) is 0 Å². The minimum absolute atomic E-state index is 0.0210. The van der Waals surface area contributed by atoms with E-state index in [2.05, 4.69) is 17.4 Å². The van der Waals surface area contributed by atoms with Crippen LogP contribution in [-0.4, -0.2) is 40.7 Å². The Morgan fingerprint density at radius 1 is 1.15 bits per heavy atom. The van der Waals surface area contributed by atoms with Crippen molar-refractivity contribution in [1.29, 1.82) is 0 Å². The Bertz CT molecular complexity index is 662. The summed E-state index contributed by atoms with van der Waals surface area (Å²) in [5, 5.41) is 6.29. The minimum atomic E-state index is -0.271. The van der Waals surface area contributed by atoms with E-state index in [0.29, 0.717) is 18.1 Å². The number of carbonyl (C=O) groups excluding carboxylic acids is 2. The van der Waals surface area contributed by atoms with E-state index in [1.165, 1.54) is 18.0 Å². The molecule has 2 rings (SSSR count). The predicted octanol–water partition coefficient (Wildman–Crippen LogP) is 3.81. The van der Waals surface area contributed by atoms with Crippen LogP contribution in [0.15, 0.2) is 52.1 Å². The number of thioether (sulfide) groups is 1. The van der Waals surface area contributed by atoms with Crippen LogP contribution >= 0.6 is 11.8 Å². The van der Waals surface area contributed by atoms with Crippen LogP contribution < -0.4 is 5.32 Å². The summed E-state index contributed by atoms with van der Waals surface area (Å²) < 4.78 is 4.70. The first-order chi connectivity index (χ1) is 12.7. The van der Waals surface area contributed by atoms with Gasteiger partial charge in [-0.25, -0.2) is 0 Å². The fourth-order valence-corrected chi connectivity index (χ4v) is 3.23. The van der Waals surface area contributed by atoms with E-state index >= 15 is 0 Å². The molecule has 6 nitrogen and oxygen atoms in total. The largest absolute Gasteiger partial charge is 0.363 e. The molecule has 1 aromatic carbocycles. The Kier molecular flexibility index (Phi) is 8.75. The van der Waals surface area contributed by atoms with Crippen LogP contribution in [0.1, 0.15) is 32.6 Å². The zero-order valence-corrected chi connectivity index (χ0v) is 15.8. The molecule has 0 atom stereocenters. The molecule has 1 heterocycles. The van der Waals surface area contributed by atoms with Crippen molar-refractivity contribution < 1.29 is 14.1 Å². The van der Waals surface area contributed by atoms with Gasteiger partial charge in [0.1, 0.15) is 6.26 Å². The number of nitrogens with zero attached hydrogens (tertiary/aromatic N) is 2. The number of amides is 2. The molecule has 0 fully saturated rings. The number of nitrogens with one attached hydrogen (secondary N) is 1. The van der Waals surface area contributed by atoms with Crippen molar-refractivity contribution in [3.05, 3.63) is 42.7 Å². The minimum Gasteiger partial charge on any atom is -0.363 e. The number of carbonyl (C=O) groups is 2. The van der Waals surface area contributed by atoms with Gasteiger partial charge < -0.3 is 14.7 Å². The van der Waals surface area contributed by atoms with Crippen LogP contribution in [0.4, 0.5) is 5.82 Å². The number of hydrogen-bond acceptors (Lipinski definition) is 5. The van der Waals surface area contributed by atoms with Gasteiger partial charge in [-0.15, -0.1) is 11.8 Å². The molecule has 26 heavy (non-hydrogen) atoms. The zero-order valence-electron chi connectivity index (χ0n) is 15.0. The van der Waals surface area contributed by atoms with Crippen molar-refractivity contribution >= 4 is 29.4 Å². The van der Waals surface area contributed by atoms with Crippen LogP contribution in [0.25, 0.3) is 0 Å². The molecule has 0 spiro atoms. The van der Waals surface area contributed by atoms with E-state index in [0.717, 1.165) is 30.6 Å². The normalized spacial score (nSPS) is 10.5. The number of benzene rings is 1. The smallest absolute Gasteiger partial charge is 0.245 e. The van der Waals surface area contributed by atoms with E-state index in [9.17, 15) is 9.59 Å². The van der Waals surface area contributed by atoms with Crippen LogP contribution in [-0.2, 0) is 9.59 Å². The number of anilines is 1. The molecule has 0 aliphatic carbocycles. The summed E-state index contributed by atoms with van der Waals surface area (Å²) in [5.74, 6) is 0.361. The first kappa shape index (κ1) is 20.0. The first-order valence-electron chi connectivity index (χ1n) is 8.85. The van der Waals surface area contributed by atoms with Gasteiger partial charge in [0, 0.05) is 17.5 Å². The molecule has 2 aromatic rings. The van der Waals surface area contributed by atoms with Crippen molar-refractivity contribution in [2.24, 2.45) is 0 Å². The average Bonchev–Trinajstić information content (AvgIpc) is 3.16. The lowest BCUT2D eigenvalue weighted by Crippen LogP contribution is -2.39. The highest BCUT2D eigenvalue weighted by Gasteiger charge is 2.17. The third kappa shape index (κ3) is 7.31.